The Bertz CT molecular complexity index is 231. The standard InChI is InChI=1S/C10H18N2O2S/c13-7-4-9(11-5-7)10(14)12-6-8-2-1-3-15-8/h7-9,11,13H,1-6H2,(H,12,14)/t7-,8?,9+/m0/s1. The van der Waals surface area contributed by atoms with Crippen molar-refractivity contribution in [3.8, 4) is 0 Å². The van der Waals surface area contributed by atoms with Gasteiger partial charge in [-0.2, -0.15) is 11.8 Å². The quantitative estimate of drug-likeness (QED) is 0.624. The number of rotatable bonds is 3. The molecule has 0 aromatic rings. The van der Waals surface area contributed by atoms with Crippen LogP contribution in [0.3, 0.4) is 0 Å². The van der Waals surface area contributed by atoms with Crippen molar-refractivity contribution in [1.82, 2.24) is 10.6 Å². The molecule has 3 N–H and O–H groups in total. The normalized spacial score (nSPS) is 35.7. The minimum absolute atomic E-state index is 0.0408. The number of hydrogen-bond acceptors (Lipinski definition) is 4. The Morgan fingerprint density at radius 2 is 2.47 bits per heavy atom. The van der Waals surface area contributed by atoms with Gasteiger partial charge in [-0.05, 0) is 25.0 Å². The van der Waals surface area contributed by atoms with E-state index in [-0.39, 0.29) is 18.1 Å². The Hall–Kier alpha value is -0.260. The third kappa shape index (κ3) is 3.09. The zero-order valence-electron chi connectivity index (χ0n) is 8.74. The molecule has 2 saturated heterocycles. The van der Waals surface area contributed by atoms with Gasteiger partial charge in [0.1, 0.15) is 0 Å². The largest absolute Gasteiger partial charge is 0.392 e. The summed E-state index contributed by atoms with van der Waals surface area (Å²) in [5.74, 6) is 1.26. The Balaban J connectivity index is 1.67. The molecule has 0 aliphatic carbocycles. The van der Waals surface area contributed by atoms with E-state index in [0.29, 0.717) is 18.2 Å². The van der Waals surface area contributed by atoms with Crippen molar-refractivity contribution in [3.63, 3.8) is 0 Å². The Morgan fingerprint density at radius 3 is 3.07 bits per heavy atom. The molecule has 1 unspecified atom stereocenters. The first-order chi connectivity index (χ1) is 7.25. The molecule has 0 aromatic carbocycles. The first-order valence-electron chi connectivity index (χ1n) is 5.56. The predicted molar refractivity (Wildman–Crippen MR) is 60.9 cm³/mol. The summed E-state index contributed by atoms with van der Waals surface area (Å²) in [5, 5.41) is 15.8. The summed E-state index contributed by atoms with van der Waals surface area (Å²) in [6.45, 7) is 1.31. The maximum Gasteiger partial charge on any atom is 0.237 e. The van der Waals surface area contributed by atoms with Crippen LogP contribution in [0.4, 0.5) is 0 Å². The molecule has 15 heavy (non-hydrogen) atoms. The van der Waals surface area contributed by atoms with Crippen LogP contribution in [0, 0.1) is 0 Å². The van der Waals surface area contributed by atoms with Crippen molar-refractivity contribution < 1.29 is 9.90 Å². The molecule has 5 heteroatoms. The summed E-state index contributed by atoms with van der Waals surface area (Å²) in [5.41, 5.74) is 0. The number of carbonyl (C=O) groups is 1. The molecule has 2 fully saturated rings. The fraction of sp³-hybridized carbons (Fsp3) is 0.900. The van der Waals surface area contributed by atoms with Gasteiger partial charge in [-0.3, -0.25) is 4.79 Å². The first-order valence-corrected chi connectivity index (χ1v) is 6.61. The van der Waals surface area contributed by atoms with Crippen LogP contribution in [0.5, 0.6) is 0 Å². The number of amides is 1. The lowest BCUT2D eigenvalue weighted by Gasteiger charge is -2.13. The van der Waals surface area contributed by atoms with Gasteiger partial charge in [-0.25, -0.2) is 0 Å². The maximum absolute atomic E-state index is 11.7. The maximum atomic E-state index is 11.7. The fourth-order valence-electron chi connectivity index (χ4n) is 2.06. The van der Waals surface area contributed by atoms with Gasteiger partial charge in [0.25, 0.3) is 0 Å². The van der Waals surface area contributed by atoms with Gasteiger partial charge in [0, 0.05) is 18.3 Å². The van der Waals surface area contributed by atoms with Gasteiger partial charge in [0.05, 0.1) is 12.1 Å². The van der Waals surface area contributed by atoms with E-state index in [0.717, 1.165) is 6.54 Å². The molecule has 0 aromatic heterocycles. The molecular weight excluding hydrogens is 212 g/mol. The molecule has 1 amide bonds. The van der Waals surface area contributed by atoms with Gasteiger partial charge >= 0.3 is 0 Å². The highest BCUT2D eigenvalue weighted by molar-refractivity contribution is 8.00. The van der Waals surface area contributed by atoms with E-state index in [1.54, 1.807) is 0 Å². The van der Waals surface area contributed by atoms with Crippen molar-refractivity contribution in [3.05, 3.63) is 0 Å². The van der Waals surface area contributed by atoms with E-state index < -0.39 is 0 Å². The number of hydrogen-bond donors (Lipinski definition) is 3. The highest BCUT2D eigenvalue weighted by Gasteiger charge is 2.28. The predicted octanol–water partition coefficient (Wildman–Crippen LogP) is -0.279. The van der Waals surface area contributed by atoms with Crippen LogP contribution in [0.25, 0.3) is 0 Å². The average molecular weight is 230 g/mol. The highest BCUT2D eigenvalue weighted by Crippen LogP contribution is 2.25. The van der Waals surface area contributed by atoms with Crippen LogP contribution in [0.15, 0.2) is 0 Å². The van der Waals surface area contributed by atoms with Crippen molar-refractivity contribution in [2.45, 2.75) is 36.7 Å². The van der Waals surface area contributed by atoms with Gasteiger partial charge < -0.3 is 15.7 Å². The molecule has 4 nitrogen and oxygen atoms in total. The molecule has 2 aliphatic heterocycles. The number of nitrogens with one attached hydrogen (secondary N) is 2. The molecule has 3 atom stereocenters. The lowest BCUT2D eigenvalue weighted by atomic mass is 10.2. The average Bonchev–Trinajstić information content (AvgIpc) is 2.84. The lowest BCUT2D eigenvalue weighted by molar-refractivity contribution is -0.122. The topological polar surface area (TPSA) is 61.4 Å². The third-order valence-corrected chi connectivity index (χ3v) is 4.35. The summed E-state index contributed by atoms with van der Waals surface area (Å²) in [6.07, 6.45) is 2.67. The van der Waals surface area contributed by atoms with Crippen molar-refractivity contribution in [1.29, 1.82) is 0 Å². The molecule has 0 bridgehead atoms. The summed E-state index contributed by atoms with van der Waals surface area (Å²) in [4.78, 5) is 11.7. The monoisotopic (exact) mass is 230 g/mol. The smallest absolute Gasteiger partial charge is 0.237 e. The zero-order chi connectivity index (χ0) is 10.7. The van der Waals surface area contributed by atoms with E-state index in [4.69, 9.17) is 0 Å². The summed E-state index contributed by atoms with van der Waals surface area (Å²) in [6, 6.07) is -0.189. The fourth-order valence-corrected chi connectivity index (χ4v) is 3.26. The van der Waals surface area contributed by atoms with Crippen LogP contribution in [-0.4, -0.2) is 47.3 Å². The molecule has 2 rings (SSSR count). The van der Waals surface area contributed by atoms with Gasteiger partial charge in [-0.1, -0.05) is 0 Å². The Labute approximate surface area is 94.2 Å². The second-order valence-corrected chi connectivity index (χ2v) is 5.64. The molecule has 0 saturated carbocycles. The van der Waals surface area contributed by atoms with Crippen molar-refractivity contribution in [2.24, 2.45) is 0 Å². The van der Waals surface area contributed by atoms with Crippen LogP contribution >= 0.6 is 11.8 Å². The van der Waals surface area contributed by atoms with Crippen LogP contribution in [0.2, 0.25) is 0 Å². The van der Waals surface area contributed by atoms with Gasteiger partial charge in [0.15, 0.2) is 0 Å². The molecule has 2 heterocycles. The summed E-state index contributed by atoms with van der Waals surface area (Å²) >= 11 is 1.94. The van der Waals surface area contributed by atoms with Gasteiger partial charge in [-0.15, -0.1) is 0 Å². The molecule has 0 spiro atoms. The summed E-state index contributed by atoms with van der Waals surface area (Å²) in [7, 11) is 0. The highest BCUT2D eigenvalue weighted by atomic mass is 32.2. The van der Waals surface area contributed by atoms with Crippen molar-refractivity contribution >= 4 is 17.7 Å². The Morgan fingerprint density at radius 1 is 1.60 bits per heavy atom. The molecular formula is C10H18N2O2S. The minimum Gasteiger partial charge on any atom is -0.392 e. The SMILES string of the molecule is O=C(NCC1CCCS1)[C@H]1C[C@H](O)CN1. The number of thioether (sulfide) groups is 1. The van der Waals surface area contributed by atoms with E-state index in [1.165, 1.54) is 18.6 Å². The number of β-amino-alcohol motifs (C(OH)–C–C–N with tert-alkyl or cyclic N) is 1. The molecule has 2 aliphatic rings. The zero-order valence-corrected chi connectivity index (χ0v) is 9.55. The van der Waals surface area contributed by atoms with E-state index in [2.05, 4.69) is 10.6 Å². The van der Waals surface area contributed by atoms with E-state index >= 15 is 0 Å². The van der Waals surface area contributed by atoms with E-state index in [9.17, 15) is 9.90 Å². The second-order valence-electron chi connectivity index (χ2n) is 4.23. The van der Waals surface area contributed by atoms with Crippen LogP contribution < -0.4 is 10.6 Å². The number of carbonyl (C=O) groups excluding carboxylic acids is 1. The molecule has 86 valence electrons. The molecule has 0 radical (unpaired) electrons. The Kier molecular flexibility index (Phi) is 3.88. The van der Waals surface area contributed by atoms with Gasteiger partial charge in [0.2, 0.25) is 5.91 Å². The first kappa shape index (κ1) is 11.2. The number of aliphatic hydroxyl groups is 1. The third-order valence-electron chi connectivity index (χ3n) is 2.95. The van der Waals surface area contributed by atoms with Crippen LogP contribution in [-0.2, 0) is 4.79 Å². The lowest BCUT2D eigenvalue weighted by Crippen LogP contribution is -2.42. The number of aliphatic hydroxyl groups excluding tert-OH is 1. The minimum atomic E-state index is -0.360. The summed E-state index contributed by atoms with van der Waals surface area (Å²) < 4.78 is 0. The second kappa shape index (κ2) is 5.18. The van der Waals surface area contributed by atoms with Crippen LogP contribution in [0.1, 0.15) is 19.3 Å². The van der Waals surface area contributed by atoms with Crippen molar-refractivity contribution in [2.75, 3.05) is 18.8 Å². The van der Waals surface area contributed by atoms with E-state index in [1.807, 2.05) is 11.8 Å².